The first-order valence-corrected chi connectivity index (χ1v) is 11.3. The molecule has 1 saturated carbocycles. The van der Waals surface area contributed by atoms with Crippen LogP contribution in [-0.2, 0) is 6.42 Å². The van der Waals surface area contributed by atoms with Crippen LogP contribution in [0.3, 0.4) is 0 Å². The molecule has 0 aromatic heterocycles. The van der Waals surface area contributed by atoms with Gasteiger partial charge in [-0.15, -0.1) is 13.2 Å². The van der Waals surface area contributed by atoms with Crippen LogP contribution in [0.2, 0.25) is 0 Å². The molecule has 1 fully saturated rings. The zero-order valence-corrected chi connectivity index (χ0v) is 18.3. The average Bonchev–Trinajstić information content (AvgIpc) is 2.74. The lowest BCUT2D eigenvalue weighted by molar-refractivity contribution is -0.274. The quantitative estimate of drug-likeness (QED) is 0.427. The summed E-state index contributed by atoms with van der Waals surface area (Å²) in [4.78, 5) is 0. The molecule has 1 atom stereocenters. The van der Waals surface area contributed by atoms with E-state index in [0.717, 1.165) is 23.8 Å². The maximum absolute atomic E-state index is 12.2. The van der Waals surface area contributed by atoms with Gasteiger partial charge in [0.15, 0.2) is 0 Å². The molecule has 0 heterocycles. The van der Waals surface area contributed by atoms with E-state index in [2.05, 4.69) is 42.6 Å². The minimum Gasteiger partial charge on any atom is -0.406 e. The van der Waals surface area contributed by atoms with Crippen molar-refractivity contribution in [2.75, 3.05) is 0 Å². The van der Waals surface area contributed by atoms with Crippen LogP contribution < -0.4 is 4.74 Å². The van der Waals surface area contributed by atoms with E-state index in [1.807, 2.05) is 12.1 Å². The Bertz CT molecular complexity index is 864. The van der Waals surface area contributed by atoms with Gasteiger partial charge >= 0.3 is 6.36 Å². The number of alkyl halides is 3. The molecule has 0 aliphatic heterocycles. The monoisotopic (exact) mass is 428 g/mol. The molecule has 2 aromatic carbocycles. The van der Waals surface area contributed by atoms with E-state index in [-0.39, 0.29) is 5.75 Å². The van der Waals surface area contributed by atoms with E-state index in [1.165, 1.54) is 68.4 Å². The molecule has 31 heavy (non-hydrogen) atoms. The molecule has 0 spiro atoms. The summed E-state index contributed by atoms with van der Waals surface area (Å²) >= 11 is 0. The van der Waals surface area contributed by atoms with Crippen molar-refractivity contribution in [1.82, 2.24) is 0 Å². The van der Waals surface area contributed by atoms with Crippen LogP contribution in [0.25, 0.3) is 0 Å². The van der Waals surface area contributed by atoms with Gasteiger partial charge < -0.3 is 4.74 Å². The van der Waals surface area contributed by atoms with Crippen molar-refractivity contribution in [2.24, 2.45) is 17.8 Å². The van der Waals surface area contributed by atoms with Crippen molar-refractivity contribution >= 4 is 0 Å². The first-order chi connectivity index (χ1) is 14.8. The van der Waals surface area contributed by atoms with Crippen molar-refractivity contribution in [2.45, 2.75) is 65.2 Å². The Labute approximate surface area is 184 Å². The van der Waals surface area contributed by atoms with Crippen LogP contribution in [0.15, 0.2) is 48.5 Å². The van der Waals surface area contributed by atoms with Gasteiger partial charge in [-0.25, -0.2) is 0 Å². The van der Waals surface area contributed by atoms with Crippen molar-refractivity contribution in [1.29, 1.82) is 0 Å². The number of halogens is 3. The van der Waals surface area contributed by atoms with Crippen LogP contribution in [-0.4, -0.2) is 6.36 Å². The second kappa shape index (κ2) is 10.8. The molecule has 1 unspecified atom stereocenters. The molecule has 0 N–H and O–H groups in total. The number of rotatable bonds is 6. The third-order valence-electron chi connectivity index (χ3n) is 6.34. The third kappa shape index (κ3) is 7.65. The molecule has 0 bridgehead atoms. The molecule has 1 aliphatic rings. The summed E-state index contributed by atoms with van der Waals surface area (Å²) in [6.07, 6.45) is 4.61. The molecule has 2 aromatic rings. The molecular weight excluding hydrogens is 397 g/mol. The highest BCUT2D eigenvalue weighted by Gasteiger charge is 2.31. The smallest absolute Gasteiger partial charge is 0.406 e. The van der Waals surface area contributed by atoms with Crippen molar-refractivity contribution in [3.63, 3.8) is 0 Å². The molecule has 3 rings (SSSR count). The van der Waals surface area contributed by atoms with E-state index >= 15 is 0 Å². The summed E-state index contributed by atoms with van der Waals surface area (Å²) in [6.45, 7) is 4.66. The summed E-state index contributed by atoms with van der Waals surface area (Å²) in [7, 11) is 0. The lowest BCUT2D eigenvalue weighted by atomic mass is 9.74. The van der Waals surface area contributed by atoms with E-state index in [9.17, 15) is 13.2 Å². The van der Waals surface area contributed by atoms with Gasteiger partial charge in [0.05, 0.1) is 0 Å². The first-order valence-electron chi connectivity index (χ1n) is 11.3. The van der Waals surface area contributed by atoms with Gasteiger partial charge in [-0.3, -0.25) is 0 Å². The lowest BCUT2D eigenvalue weighted by Crippen LogP contribution is -2.21. The number of ether oxygens (including phenoxy) is 1. The summed E-state index contributed by atoms with van der Waals surface area (Å²) in [5.41, 5.74) is 2.88. The van der Waals surface area contributed by atoms with Crippen LogP contribution in [0.4, 0.5) is 13.2 Å². The highest BCUT2D eigenvalue weighted by atomic mass is 19.4. The molecule has 4 heteroatoms. The lowest BCUT2D eigenvalue weighted by Gasteiger charge is -2.32. The summed E-state index contributed by atoms with van der Waals surface area (Å²) in [5.74, 6) is 8.29. The van der Waals surface area contributed by atoms with E-state index in [4.69, 9.17) is 0 Å². The Morgan fingerprint density at radius 1 is 0.903 bits per heavy atom. The predicted octanol–water partition coefficient (Wildman–Crippen LogP) is 7.77. The molecule has 0 radical (unpaired) electrons. The molecule has 1 aliphatic carbocycles. The maximum atomic E-state index is 12.2. The van der Waals surface area contributed by atoms with E-state index in [0.29, 0.717) is 11.5 Å². The fourth-order valence-corrected chi connectivity index (χ4v) is 4.60. The number of benzene rings is 2. The minimum absolute atomic E-state index is 0.240. The Balaban J connectivity index is 1.52. The maximum Gasteiger partial charge on any atom is 0.573 e. The van der Waals surface area contributed by atoms with Gasteiger partial charge in [0.1, 0.15) is 5.75 Å². The predicted molar refractivity (Wildman–Crippen MR) is 119 cm³/mol. The van der Waals surface area contributed by atoms with Gasteiger partial charge in [0, 0.05) is 11.1 Å². The topological polar surface area (TPSA) is 9.23 Å². The summed E-state index contributed by atoms with van der Waals surface area (Å²) < 4.78 is 40.5. The van der Waals surface area contributed by atoms with Crippen LogP contribution in [0.5, 0.6) is 5.75 Å². The van der Waals surface area contributed by atoms with Crippen LogP contribution in [0.1, 0.15) is 69.1 Å². The highest BCUT2D eigenvalue weighted by molar-refractivity contribution is 5.44. The van der Waals surface area contributed by atoms with Crippen molar-refractivity contribution in [3.8, 4) is 17.6 Å². The van der Waals surface area contributed by atoms with Gasteiger partial charge in [0.2, 0.25) is 0 Å². The van der Waals surface area contributed by atoms with Crippen molar-refractivity contribution in [3.05, 3.63) is 65.2 Å². The number of hydrogen-bond acceptors (Lipinski definition) is 1. The molecular formula is C27H31F3O. The summed E-state index contributed by atoms with van der Waals surface area (Å²) in [6, 6.07) is 13.9. The zero-order chi connectivity index (χ0) is 22.3. The fraction of sp³-hybridized carbons (Fsp3) is 0.481. The van der Waals surface area contributed by atoms with E-state index < -0.39 is 6.36 Å². The second-order valence-electron chi connectivity index (χ2n) is 8.77. The number of hydrogen-bond donors (Lipinski definition) is 0. The Hall–Kier alpha value is -2.41. The van der Waals surface area contributed by atoms with Crippen LogP contribution >= 0.6 is 0 Å². The highest BCUT2D eigenvalue weighted by Crippen LogP contribution is 2.36. The molecule has 166 valence electrons. The van der Waals surface area contributed by atoms with E-state index in [1.54, 1.807) is 0 Å². The second-order valence-corrected chi connectivity index (χ2v) is 8.77. The third-order valence-corrected chi connectivity index (χ3v) is 6.34. The fourth-order valence-electron chi connectivity index (χ4n) is 4.60. The van der Waals surface area contributed by atoms with Gasteiger partial charge in [-0.1, -0.05) is 63.5 Å². The molecule has 0 saturated heterocycles. The van der Waals surface area contributed by atoms with Gasteiger partial charge in [0.25, 0.3) is 0 Å². The SMILES string of the molecule is CCCC1CCC(C(C)Cc2ccc(C#Cc3ccc(OC(F)(F)F)cc3)cc2)CC1. The van der Waals surface area contributed by atoms with Gasteiger partial charge in [-0.2, -0.15) is 0 Å². The van der Waals surface area contributed by atoms with Crippen molar-refractivity contribution < 1.29 is 17.9 Å². The minimum atomic E-state index is -4.68. The molecule has 0 amide bonds. The Morgan fingerprint density at radius 3 is 1.97 bits per heavy atom. The standard InChI is InChI=1S/C27H31F3O/c1-3-4-21-11-15-25(16-12-21)20(2)19-24-9-7-22(8-10-24)5-6-23-13-17-26(18-14-23)31-27(28,29)30/h7-10,13-14,17-18,20-21,25H,3-4,11-12,15-16,19H2,1-2H3. The first kappa shape index (κ1) is 23.3. The average molecular weight is 429 g/mol. The molecule has 1 nitrogen and oxygen atoms in total. The zero-order valence-electron chi connectivity index (χ0n) is 18.3. The Morgan fingerprint density at radius 2 is 1.45 bits per heavy atom. The van der Waals surface area contributed by atoms with Gasteiger partial charge in [-0.05, 0) is 79.0 Å². The Kier molecular flexibility index (Phi) is 8.07. The normalized spacial score (nSPS) is 19.9. The van der Waals surface area contributed by atoms with Crippen LogP contribution in [0, 0.1) is 29.6 Å². The summed E-state index contributed by atoms with van der Waals surface area (Å²) in [5, 5.41) is 0. The largest absolute Gasteiger partial charge is 0.573 e.